The average Bonchev–Trinajstić information content (AvgIpc) is 3.30. The molecule has 4 heterocycles. The van der Waals surface area contributed by atoms with Gasteiger partial charge in [-0.3, -0.25) is 10.2 Å². The number of hydroxylamine groups is 2. The van der Waals surface area contributed by atoms with Gasteiger partial charge in [0.2, 0.25) is 5.95 Å². The Morgan fingerprint density at radius 1 is 1.26 bits per heavy atom. The van der Waals surface area contributed by atoms with Gasteiger partial charge in [0.05, 0.1) is 31.8 Å². The number of anilines is 3. The van der Waals surface area contributed by atoms with Crippen LogP contribution in [0.3, 0.4) is 0 Å². The lowest BCUT2D eigenvalue weighted by atomic mass is 10.1. The van der Waals surface area contributed by atoms with Crippen LogP contribution in [0.4, 0.5) is 22.2 Å². The Hall–Kier alpha value is -3.06. The molecule has 2 aliphatic rings. The number of thiazole rings is 1. The number of nitrogens with one attached hydrogen (secondary N) is 1. The van der Waals surface area contributed by atoms with Crippen LogP contribution in [0.2, 0.25) is 0 Å². The summed E-state index contributed by atoms with van der Waals surface area (Å²) >= 11 is 1.44. The van der Waals surface area contributed by atoms with Crippen molar-refractivity contribution in [3.8, 4) is 0 Å². The molecule has 5 rings (SSSR count). The highest BCUT2D eigenvalue weighted by molar-refractivity contribution is 7.16. The van der Waals surface area contributed by atoms with Crippen molar-refractivity contribution in [2.45, 2.75) is 26.4 Å². The number of carbonyl (C=O) groups is 1. The molecule has 0 bridgehead atoms. The fourth-order valence-corrected chi connectivity index (χ4v) is 5.18. The van der Waals surface area contributed by atoms with Crippen LogP contribution in [0.25, 0.3) is 10.3 Å². The lowest BCUT2D eigenvalue weighted by Gasteiger charge is -2.39. The number of rotatable bonds is 5. The highest BCUT2D eigenvalue weighted by atomic mass is 32.1. The molecule has 11 nitrogen and oxygen atoms in total. The molecule has 1 atom stereocenters. The number of benzene rings is 1. The maximum atomic E-state index is 12.6. The molecule has 0 radical (unpaired) electrons. The van der Waals surface area contributed by atoms with Crippen molar-refractivity contribution in [1.82, 2.24) is 24.9 Å². The Morgan fingerprint density at radius 2 is 2.09 bits per heavy atom. The zero-order chi connectivity index (χ0) is 24.4. The number of ether oxygens (including phenoxy) is 1. The fourth-order valence-electron chi connectivity index (χ4n) is 4.52. The molecule has 3 N–H and O–H groups in total. The number of nitrogens with zero attached hydrogens (tertiary/aromatic N) is 6. The van der Waals surface area contributed by atoms with E-state index in [1.54, 1.807) is 10.6 Å². The van der Waals surface area contributed by atoms with Gasteiger partial charge < -0.3 is 20.2 Å². The van der Waals surface area contributed by atoms with E-state index in [0.717, 1.165) is 60.3 Å². The first-order valence-corrected chi connectivity index (χ1v) is 12.6. The summed E-state index contributed by atoms with van der Waals surface area (Å²) in [6.45, 7) is 10.0. The molecule has 186 valence electrons. The molecule has 0 spiro atoms. The smallest absolute Gasteiger partial charge is 0.379 e. The summed E-state index contributed by atoms with van der Waals surface area (Å²) in [6.07, 6.45) is -0.497. The van der Waals surface area contributed by atoms with Gasteiger partial charge in [0.15, 0.2) is 10.6 Å². The maximum Gasteiger partial charge on any atom is 0.430 e. The van der Waals surface area contributed by atoms with E-state index in [1.807, 2.05) is 19.1 Å². The topological polar surface area (TPSA) is 122 Å². The molecule has 3 aromatic rings. The van der Waals surface area contributed by atoms with Crippen LogP contribution in [-0.2, 0) is 16.1 Å². The van der Waals surface area contributed by atoms with Gasteiger partial charge in [-0.1, -0.05) is 12.1 Å². The number of nitrogen functional groups attached to an aromatic ring is 1. The zero-order valence-corrected chi connectivity index (χ0v) is 20.8. The Bertz CT molecular complexity index is 1200. The van der Waals surface area contributed by atoms with Crippen LogP contribution < -0.4 is 16.0 Å². The minimum atomic E-state index is -0.497. The Morgan fingerprint density at radius 3 is 2.86 bits per heavy atom. The molecule has 0 unspecified atom stereocenters. The van der Waals surface area contributed by atoms with Crippen LogP contribution >= 0.6 is 11.3 Å². The van der Waals surface area contributed by atoms with E-state index in [-0.39, 0.29) is 12.0 Å². The predicted molar refractivity (Wildman–Crippen MR) is 135 cm³/mol. The molecule has 2 aliphatic heterocycles. The number of morpholine rings is 1. The molecule has 2 fully saturated rings. The first-order valence-electron chi connectivity index (χ1n) is 11.7. The van der Waals surface area contributed by atoms with Gasteiger partial charge in [-0.2, -0.15) is 4.98 Å². The summed E-state index contributed by atoms with van der Waals surface area (Å²) in [5, 5.41) is 4.56. The number of aryl methyl sites for hydroxylation is 1. The second-order valence-electron chi connectivity index (χ2n) is 8.88. The summed E-state index contributed by atoms with van der Waals surface area (Å²) in [5.74, 6) is 0.950. The maximum absolute atomic E-state index is 12.6. The van der Waals surface area contributed by atoms with E-state index in [9.17, 15) is 4.79 Å². The van der Waals surface area contributed by atoms with Gasteiger partial charge >= 0.3 is 6.09 Å². The highest BCUT2D eigenvalue weighted by Crippen LogP contribution is 2.29. The lowest BCUT2D eigenvalue weighted by molar-refractivity contribution is -0.103. The standard InChI is InChI=1S/C23H30N8O3S/c1-15-11-17(13-29-7-9-33-10-8-29)3-4-18(15)26-23(32)34-30-5-6-31(16(2)12-30)20-19-21(35-14-25-19)28-22(24)27-20/h3-4,11,14,16H,5-10,12-13H2,1-2H3,(H,26,32)(H2,24,27,28)/t16-/m0/s1. The number of piperazine rings is 1. The van der Waals surface area contributed by atoms with Crippen LogP contribution in [-0.4, -0.2) is 83.0 Å². The minimum Gasteiger partial charge on any atom is -0.379 e. The number of aromatic nitrogens is 3. The average molecular weight is 499 g/mol. The number of nitrogens with two attached hydrogens (primary N) is 1. The van der Waals surface area contributed by atoms with E-state index in [4.69, 9.17) is 15.3 Å². The third kappa shape index (κ3) is 5.45. The van der Waals surface area contributed by atoms with Crippen LogP contribution in [0.15, 0.2) is 23.7 Å². The Labute approximate surface area is 207 Å². The molecule has 0 saturated carbocycles. The number of carbonyl (C=O) groups excluding carboxylic acids is 1. The third-order valence-corrected chi connectivity index (χ3v) is 7.03. The van der Waals surface area contributed by atoms with Crippen LogP contribution in [0.1, 0.15) is 18.1 Å². The SMILES string of the molecule is Cc1cc(CN2CCOCC2)ccc1NC(=O)ON1CCN(c2nc(N)nc3scnc23)[C@@H](C)C1. The summed E-state index contributed by atoms with van der Waals surface area (Å²) < 4.78 is 5.42. The predicted octanol–water partition coefficient (Wildman–Crippen LogP) is 2.48. The number of amides is 1. The molecule has 1 aromatic carbocycles. The van der Waals surface area contributed by atoms with E-state index >= 15 is 0 Å². The lowest BCUT2D eigenvalue weighted by Crippen LogP contribution is -2.53. The van der Waals surface area contributed by atoms with Gasteiger partial charge in [-0.25, -0.2) is 14.8 Å². The largest absolute Gasteiger partial charge is 0.430 e. The van der Waals surface area contributed by atoms with E-state index in [2.05, 4.69) is 43.1 Å². The first-order chi connectivity index (χ1) is 17.0. The van der Waals surface area contributed by atoms with E-state index in [0.29, 0.717) is 19.6 Å². The molecule has 0 aliphatic carbocycles. The summed E-state index contributed by atoms with van der Waals surface area (Å²) in [4.78, 5) is 36.6. The van der Waals surface area contributed by atoms with Gasteiger partial charge in [0, 0.05) is 37.9 Å². The molecule has 1 amide bonds. The van der Waals surface area contributed by atoms with Gasteiger partial charge in [-0.15, -0.1) is 16.4 Å². The van der Waals surface area contributed by atoms with E-state index in [1.165, 1.54) is 16.9 Å². The normalized spacial score (nSPS) is 19.7. The summed E-state index contributed by atoms with van der Waals surface area (Å²) in [5.41, 5.74) is 11.4. The quantitative estimate of drug-likeness (QED) is 0.542. The number of hydrogen-bond donors (Lipinski definition) is 2. The minimum absolute atomic E-state index is 0.0388. The summed E-state index contributed by atoms with van der Waals surface area (Å²) in [6, 6.07) is 6.13. The Balaban J connectivity index is 1.16. The molecular weight excluding hydrogens is 468 g/mol. The second kappa shape index (κ2) is 10.3. The van der Waals surface area contributed by atoms with Crippen molar-refractivity contribution in [3.63, 3.8) is 0 Å². The van der Waals surface area contributed by atoms with Gasteiger partial charge in [-0.05, 0) is 31.0 Å². The number of fused-ring (bicyclic) bond motifs is 1. The molecule has 35 heavy (non-hydrogen) atoms. The Kier molecular flexibility index (Phi) is 6.95. The molecular formula is C23H30N8O3S. The monoisotopic (exact) mass is 498 g/mol. The number of hydrogen-bond acceptors (Lipinski definition) is 11. The van der Waals surface area contributed by atoms with Crippen molar-refractivity contribution in [1.29, 1.82) is 0 Å². The third-order valence-electron chi connectivity index (χ3n) is 6.31. The molecule has 2 aromatic heterocycles. The second-order valence-corrected chi connectivity index (χ2v) is 9.72. The molecule has 2 saturated heterocycles. The van der Waals surface area contributed by atoms with Crippen LogP contribution in [0.5, 0.6) is 0 Å². The van der Waals surface area contributed by atoms with E-state index < -0.39 is 6.09 Å². The van der Waals surface area contributed by atoms with Gasteiger partial charge in [0.1, 0.15) is 5.52 Å². The fraction of sp³-hybridized carbons (Fsp3) is 0.478. The molecule has 12 heteroatoms. The zero-order valence-electron chi connectivity index (χ0n) is 19.9. The van der Waals surface area contributed by atoms with Crippen molar-refractivity contribution >= 4 is 45.2 Å². The first kappa shape index (κ1) is 23.7. The van der Waals surface area contributed by atoms with Crippen molar-refractivity contribution in [2.24, 2.45) is 0 Å². The van der Waals surface area contributed by atoms with Gasteiger partial charge in [0.25, 0.3) is 0 Å². The summed E-state index contributed by atoms with van der Waals surface area (Å²) in [7, 11) is 0. The van der Waals surface area contributed by atoms with Crippen molar-refractivity contribution in [3.05, 3.63) is 34.8 Å². The van der Waals surface area contributed by atoms with Crippen molar-refractivity contribution < 1.29 is 14.4 Å². The highest BCUT2D eigenvalue weighted by Gasteiger charge is 2.29. The van der Waals surface area contributed by atoms with Crippen molar-refractivity contribution in [2.75, 3.05) is 61.9 Å². The van der Waals surface area contributed by atoms with Crippen LogP contribution in [0, 0.1) is 6.92 Å².